The number of carbonyl (C=O) groups is 1. The van der Waals surface area contributed by atoms with E-state index in [0.29, 0.717) is 26.1 Å². The first-order valence-corrected chi connectivity index (χ1v) is 13.3. The number of benzene rings is 3. The molecule has 0 bridgehead atoms. The molecule has 10 heteroatoms. The molecule has 1 unspecified atom stereocenters. The number of carbonyl (C=O) groups excluding carboxylic acids is 1. The van der Waals surface area contributed by atoms with Crippen LogP contribution in [0.3, 0.4) is 0 Å². The van der Waals surface area contributed by atoms with Crippen LogP contribution < -0.4 is 4.72 Å². The Morgan fingerprint density at radius 3 is 2.36 bits per heavy atom. The number of sulfonamides is 1. The van der Waals surface area contributed by atoms with E-state index in [1.807, 2.05) is 12.1 Å². The third-order valence-corrected chi connectivity index (χ3v) is 8.26. The Labute approximate surface area is 214 Å². The topological polar surface area (TPSA) is 78.8 Å². The van der Waals surface area contributed by atoms with Gasteiger partial charge in [-0.3, -0.25) is 9.52 Å². The molecule has 1 amide bonds. The number of amides is 1. The lowest BCUT2D eigenvalue weighted by Crippen LogP contribution is -2.24. The molecule has 0 radical (unpaired) electrons. The van der Waals surface area contributed by atoms with Crippen LogP contribution in [0.15, 0.2) is 85.7 Å². The van der Waals surface area contributed by atoms with Gasteiger partial charge in [-0.1, -0.05) is 51.8 Å². The van der Waals surface area contributed by atoms with Crippen molar-refractivity contribution in [3.63, 3.8) is 0 Å². The predicted octanol–water partition coefficient (Wildman–Crippen LogP) is 6.36. The Bertz CT molecular complexity index is 1340. The van der Waals surface area contributed by atoms with Crippen LogP contribution in [0, 0.1) is 0 Å². The number of nitrogens with one attached hydrogen (secondary N) is 1. The smallest absolute Gasteiger partial charge is 0.263 e. The highest BCUT2D eigenvalue weighted by Crippen LogP contribution is 2.34. The van der Waals surface area contributed by atoms with Gasteiger partial charge in [-0.2, -0.15) is 5.10 Å². The summed E-state index contributed by atoms with van der Waals surface area (Å²) in [6.07, 6.45) is 0.539. The second-order valence-corrected chi connectivity index (χ2v) is 11.3. The van der Waals surface area contributed by atoms with Crippen molar-refractivity contribution in [1.29, 1.82) is 0 Å². The monoisotopic (exact) mass is 609 g/mol. The number of anilines is 1. The molecule has 0 fully saturated rings. The summed E-state index contributed by atoms with van der Waals surface area (Å²) >= 11 is 12.6. The molecule has 0 saturated carbocycles. The minimum atomic E-state index is -3.79. The standard InChI is InChI=1S/C23H18Br2ClN3O3S/c1-14(30)29-22(16-2-7-18(26)8-3-16)13-21(27-29)15-4-9-19(10-5-15)28-33(31,32)23-12-17(24)6-11-20(23)25/h2-12,22,28H,13H2,1H3. The summed E-state index contributed by atoms with van der Waals surface area (Å²) in [5.74, 6) is -0.158. The molecule has 1 aliphatic heterocycles. The van der Waals surface area contributed by atoms with Gasteiger partial charge < -0.3 is 0 Å². The number of hydrogen-bond donors (Lipinski definition) is 1. The molecule has 0 spiro atoms. The summed E-state index contributed by atoms with van der Waals surface area (Å²) in [6.45, 7) is 1.48. The second-order valence-electron chi connectivity index (χ2n) is 7.44. The van der Waals surface area contributed by atoms with Gasteiger partial charge in [-0.25, -0.2) is 13.4 Å². The molecule has 0 aromatic heterocycles. The first-order chi connectivity index (χ1) is 15.6. The average molecular weight is 612 g/mol. The summed E-state index contributed by atoms with van der Waals surface area (Å²) in [5, 5.41) is 6.63. The summed E-state index contributed by atoms with van der Waals surface area (Å²) in [4.78, 5) is 12.3. The maximum Gasteiger partial charge on any atom is 0.263 e. The molecule has 6 nitrogen and oxygen atoms in total. The van der Waals surface area contributed by atoms with Crippen LogP contribution in [0.4, 0.5) is 5.69 Å². The number of nitrogens with zero attached hydrogens (tertiary/aromatic N) is 2. The van der Waals surface area contributed by atoms with Crippen molar-refractivity contribution in [1.82, 2.24) is 5.01 Å². The normalized spacial score (nSPS) is 15.9. The van der Waals surface area contributed by atoms with Gasteiger partial charge in [-0.15, -0.1) is 0 Å². The molecule has 1 heterocycles. The van der Waals surface area contributed by atoms with Crippen molar-refractivity contribution in [3.8, 4) is 0 Å². The first-order valence-electron chi connectivity index (χ1n) is 9.85. The van der Waals surface area contributed by atoms with Gasteiger partial charge in [0.2, 0.25) is 5.91 Å². The van der Waals surface area contributed by atoms with E-state index in [1.54, 1.807) is 48.5 Å². The van der Waals surface area contributed by atoms with Crippen molar-refractivity contribution < 1.29 is 13.2 Å². The van der Waals surface area contributed by atoms with Crippen molar-refractivity contribution >= 4 is 70.8 Å². The highest BCUT2D eigenvalue weighted by Gasteiger charge is 2.31. The number of hydrogen-bond acceptors (Lipinski definition) is 4. The molecular formula is C23H18Br2ClN3O3S. The molecule has 3 aromatic carbocycles. The Kier molecular flexibility index (Phi) is 6.95. The fourth-order valence-electron chi connectivity index (χ4n) is 3.54. The molecule has 1 atom stereocenters. The first kappa shape index (κ1) is 23.9. The molecular weight excluding hydrogens is 594 g/mol. The molecule has 170 valence electrons. The van der Waals surface area contributed by atoms with E-state index >= 15 is 0 Å². The van der Waals surface area contributed by atoms with Crippen LogP contribution in [-0.2, 0) is 14.8 Å². The van der Waals surface area contributed by atoms with E-state index < -0.39 is 10.0 Å². The summed E-state index contributed by atoms with van der Waals surface area (Å²) in [7, 11) is -3.79. The van der Waals surface area contributed by atoms with Crippen molar-refractivity contribution in [2.75, 3.05) is 4.72 Å². The lowest BCUT2D eigenvalue weighted by atomic mass is 9.98. The third-order valence-electron chi connectivity index (χ3n) is 5.14. The van der Waals surface area contributed by atoms with Crippen LogP contribution in [-0.4, -0.2) is 25.0 Å². The number of halogens is 3. The van der Waals surface area contributed by atoms with Gasteiger partial charge in [0.15, 0.2) is 0 Å². The van der Waals surface area contributed by atoms with Gasteiger partial charge in [0, 0.05) is 33.0 Å². The fourth-order valence-corrected chi connectivity index (χ4v) is 6.23. The van der Waals surface area contributed by atoms with E-state index in [9.17, 15) is 13.2 Å². The van der Waals surface area contributed by atoms with Crippen molar-refractivity contribution in [2.45, 2.75) is 24.3 Å². The highest BCUT2D eigenvalue weighted by molar-refractivity contribution is 9.11. The van der Waals surface area contributed by atoms with Crippen LogP contribution >= 0.6 is 43.5 Å². The van der Waals surface area contributed by atoms with E-state index in [1.165, 1.54) is 18.0 Å². The van der Waals surface area contributed by atoms with Crippen molar-refractivity contribution in [3.05, 3.63) is 91.8 Å². The Hall–Kier alpha value is -2.20. The van der Waals surface area contributed by atoms with Crippen LogP contribution in [0.2, 0.25) is 5.02 Å². The lowest BCUT2D eigenvalue weighted by molar-refractivity contribution is -0.130. The molecule has 0 aliphatic carbocycles. The summed E-state index contributed by atoms with van der Waals surface area (Å²) in [6, 6.07) is 19.0. The second kappa shape index (κ2) is 9.58. The van der Waals surface area contributed by atoms with Crippen LogP contribution in [0.25, 0.3) is 0 Å². The summed E-state index contributed by atoms with van der Waals surface area (Å²) in [5.41, 5.74) is 2.91. The van der Waals surface area contributed by atoms with E-state index in [4.69, 9.17) is 11.6 Å². The van der Waals surface area contributed by atoms with Crippen molar-refractivity contribution in [2.24, 2.45) is 5.10 Å². The van der Waals surface area contributed by atoms with Crippen LogP contribution in [0.1, 0.15) is 30.5 Å². The zero-order valence-corrected chi connectivity index (χ0v) is 22.0. The quantitative estimate of drug-likeness (QED) is 0.365. The SMILES string of the molecule is CC(=O)N1N=C(c2ccc(NS(=O)(=O)c3cc(Br)ccc3Br)cc2)CC1c1ccc(Cl)cc1. The highest BCUT2D eigenvalue weighted by atomic mass is 79.9. The molecule has 1 aliphatic rings. The zero-order valence-electron chi connectivity index (χ0n) is 17.3. The van der Waals surface area contributed by atoms with Crippen LogP contribution in [0.5, 0.6) is 0 Å². The Morgan fingerprint density at radius 1 is 1.06 bits per heavy atom. The molecule has 4 rings (SSSR count). The largest absolute Gasteiger partial charge is 0.280 e. The Morgan fingerprint density at radius 2 is 1.73 bits per heavy atom. The molecule has 33 heavy (non-hydrogen) atoms. The summed E-state index contributed by atoms with van der Waals surface area (Å²) < 4.78 is 29.4. The lowest BCUT2D eigenvalue weighted by Gasteiger charge is -2.20. The molecule has 1 N–H and O–H groups in total. The third kappa shape index (κ3) is 5.32. The fraction of sp³-hybridized carbons (Fsp3) is 0.130. The minimum absolute atomic E-state index is 0.129. The predicted molar refractivity (Wildman–Crippen MR) is 137 cm³/mol. The molecule has 0 saturated heterocycles. The van der Waals surface area contributed by atoms with E-state index in [-0.39, 0.29) is 16.8 Å². The van der Waals surface area contributed by atoms with Gasteiger partial charge in [0.05, 0.1) is 11.8 Å². The van der Waals surface area contributed by atoms with Gasteiger partial charge >= 0.3 is 0 Å². The van der Waals surface area contributed by atoms with Gasteiger partial charge in [0.25, 0.3) is 10.0 Å². The van der Waals surface area contributed by atoms with Gasteiger partial charge in [0.1, 0.15) is 4.90 Å². The van der Waals surface area contributed by atoms with Gasteiger partial charge in [-0.05, 0) is 69.5 Å². The molecule has 3 aromatic rings. The Balaban J connectivity index is 1.55. The van der Waals surface area contributed by atoms with E-state index in [0.717, 1.165) is 16.8 Å². The number of rotatable bonds is 5. The van der Waals surface area contributed by atoms with E-state index in [2.05, 4.69) is 41.7 Å². The maximum atomic E-state index is 12.8. The minimum Gasteiger partial charge on any atom is -0.280 e. The zero-order chi connectivity index (χ0) is 23.8. The maximum absolute atomic E-state index is 12.8. The number of hydrazone groups is 1. The average Bonchev–Trinajstić information content (AvgIpc) is 3.22.